The van der Waals surface area contributed by atoms with E-state index in [1.165, 1.54) is 11.1 Å². The van der Waals surface area contributed by atoms with Crippen LogP contribution in [0.1, 0.15) is 42.9 Å². The molecule has 0 aromatic heterocycles. The van der Waals surface area contributed by atoms with Gasteiger partial charge in [0.05, 0.1) is 12.7 Å². The molecule has 0 amide bonds. The van der Waals surface area contributed by atoms with Gasteiger partial charge in [0.1, 0.15) is 5.78 Å². The van der Waals surface area contributed by atoms with Crippen LogP contribution in [0.25, 0.3) is 0 Å². The van der Waals surface area contributed by atoms with Crippen molar-refractivity contribution < 1.29 is 9.53 Å². The molecule has 0 saturated heterocycles. The molecule has 1 heterocycles. The highest BCUT2D eigenvalue weighted by Gasteiger charge is 2.27. The Morgan fingerprint density at radius 1 is 1.20 bits per heavy atom. The van der Waals surface area contributed by atoms with Gasteiger partial charge in [-0.05, 0) is 37.4 Å². The number of nitrogens with zero attached hydrogens (tertiary/aromatic N) is 1. The molecule has 3 heteroatoms. The van der Waals surface area contributed by atoms with Crippen LogP contribution in [0.3, 0.4) is 0 Å². The summed E-state index contributed by atoms with van der Waals surface area (Å²) in [4.78, 5) is 13.7. The maximum absolute atomic E-state index is 11.3. The van der Waals surface area contributed by atoms with Gasteiger partial charge in [-0.1, -0.05) is 24.3 Å². The lowest BCUT2D eigenvalue weighted by Gasteiger charge is -2.35. The third kappa shape index (κ3) is 2.94. The van der Waals surface area contributed by atoms with Crippen LogP contribution in [0, 0.1) is 0 Å². The predicted octanol–water partition coefficient (Wildman–Crippen LogP) is 2.74. The fourth-order valence-corrected chi connectivity index (χ4v) is 3.40. The van der Waals surface area contributed by atoms with Crippen LogP contribution in [0.2, 0.25) is 0 Å². The van der Waals surface area contributed by atoms with E-state index < -0.39 is 0 Å². The van der Waals surface area contributed by atoms with Crippen LogP contribution >= 0.6 is 0 Å². The van der Waals surface area contributed by atoms with E-state index >= 15 is 0 Å². The van der Waals surface area contributed by atoms with E-state index in [0.717, 1.165) is 45.3 Å². The molecule has 0 radical (unpaired) electrons. The van der Waals surface area contributed by atoms with Gasteiger partial charge in [-0.15, -0.1) is 0 Å². The molecule has 1 unspecified atom stereocenters. The normalized spacial score (nSPS) is 23.9. The van der Waals surface area contributed by atoms with Gasteiger partial charge < -0.3 is 9.64 Å². The van der Waals surface area contributed by atoms with Gasteiger partial charge in [0.2, 0.25) is 0 Å². The summed E-state index contributed by atoms with van der Waals surface area (Å²) < 4.78 is 5.98. The Balaban J connectivity index is 1.65. The van der Waals surface area contributed by atoms with Crippen LogP contribution < -0.4 is 0 Å². The third-order valence-electron chi connectivity index (χ3n) is 4.68. The lowest BCUT2D eigenvalue weighted by molar-refractivity contribution is -0.121. The Morgan fingerprint density at radius 3 is 2.75 bits per heavy atom. The predicted molar refractivity (Wildman–Crippen MR) is 78.7 cm³/mol. The van der Waals surface area contributed by atoms with Crippen molar-refractivity contribution in [1.82, 2.24) is 4.90 Å². The van der Waals surface area contributed by atoms with Crippen molar-refractivity contribution in [1.29, 1.82) is 0 Å². The number of Topliss-reactive ketones (excluding diaryl/α,β-unsaturated/α-hetero) is 1. The molecule has 1 aromatic rings. The van der Waals surface area contributed by atoms with Crippen LogP contribution in [0.4, 0.5) is 0 Å². The Hall–Kier alpha value is -1.19. The standard InChI is InChI=1S/C17H23NO2/c1-18(14-6-8-15(19)9-7-14)12-17-16-5-3-2-4-13(16)10-11-20-17/h2-5,14,17H,6-12H2,1H3. The third-order valence-corrected chi connectivity index (χ3v) is 4.68. The molecule has 20 heavy (non-hydrogen) atoms. The molecule has 108 valence electrons. The monoisotopic (exact) mass is 273 g/mol. The highest BCUT2D eigenvalue weighted by Crippen LogP contribution is 2.29. The maximum Gasteiger partial charge on any atom is 0.133 e. The quantitative estimate of drug-likeness (QED) is 0.848. The van der Waals surface area contributed by atoms with Gasteiger partial charge in [-0.25, -0.2) is 0 Å². The van der Waals surface area contributed by atoms with Gasteiger partial charge in [0.15, 0.2) is 0 Å². The van der Waals surface area contributed by atoms with Gasteiger partial charge >= 0.3 is 0 Å². The number of hydrogen-bond acceptors (Lipinski definition) is 3. The molecule has 1 aromatic carbocycles. The molecule has 3 nitrogen and oxygen atoms in total. The molecule has 0 N–H and O–H groups in total. The molecule has 3 rings (SSSR count). The number of carbonyl (C=O) groups excluding carboxylic acids is 1. The Bertz CT molecular complexity index is 476. The zero-order valence-electron chi connectivity index (χ0n) is 12.2. The first-order valence-corrected chi connectivity index (χ1v) is 7.65. The highest BCUT2D eigenvalue weighted by atomic mass is 16.5. The largest absolute Gasteiger partial charge is 0.372 e. The first-order valence-electron chi connectivity index (χ1n) is 7.65. The smallest absolute Gasteiger partial charge is 0.133 e. The summed E-state index contributed by atoms with van der Waals surface area (Å²) in [6, 6.07) is 9.14. The molecule has 2 aliphatic rings. The minimum Gasteiger partial charge on any atom is -0.372 e. The van der Waals surface area contributed by atoms with E-state index in [0.29, 0.717) is 11.8 Å². The van der Waals surface area contributed by atoms with Crippen molar-refractivity contribution in [3.8, 4) is 0 Å². The van der Waals surface area contributed by atoms with Crippen molar-refractivity contribution in [2.75, 3.05) is 20.2 Å². The molecule has 1 atom stereocenters. The van der Waals surface area contributed by atoms with Gasteiger partial charge in [-0.3, -0.25) is 4.79 Å². The van der Waals surface area contributed by atoms with Crippen LogP contribution in [0.5, 0.6) is 0 Å². The second kappa shape index (κ2) is 6.06. The van der Waals surface area contributed by atoms with E-state index in [1.54, 1.807) is 0 Å². The van der Waals surface area contributed by atoms with Crippen LogP contribution in [0.15, 0.2) is 24.3 Å². The van der Waals surface area contributed by atoms with E-state index in [-0.39, 0.29) is 6.10 Å². The first-order chi connectivity index (χ1) is 9.74. The average molecular weight is 273 g/mol. The number of ketones is 1. The number of fused-ring (bicyclic) bond motifs is 1. The fraction of sp³-hybridized carbons (Fsp3) is 0.588. The topological polar surface area (TPSA) is 29.5 Å². The zero-order chi connectivity index (χ0) is 13.9. The minimum atomic E-state index is 0.183. The fourth-order valence-electron chi connectivity index (χ4n) is 3.40. The molecule has 1 saturated carbocycles. The lowest BCUT2D eigenvalue weighted by Crippen LogP contribution is -2.39. The number of benzene rings is 1. The van der Waals surface area contributed by atoms with E-state index in [4.69, 9.17) is 4.74 Å². The van der Waals surface area contributed by atoms with E-state index in [1.807, 2.05) is 0 Å². The SMILES string of the molecule is CN(CC1OCCc2ccccc21)C1CCC(=O)CC1. The number of ether oxygens (including phenoxy) is 1. The van der Waals surface area contributed by atoms with Crippen LogP contribution in [-0.4, -0.2) is 36.9 Å². The molecule has 0 spiro atoms. The van der Waals surface area contributed by atoms with Crippen LogP contribution in [-0.2, 0) is 16.0 Å². The second-order valence-corrected chi connectivity index (χ2v) is 6.02. The summed E-state index contributed by atoms with van der Waals surface area (Å²) in [6.07, 6.45) is 4.71. The van der Waals surface area contributed by atoms with E-state index in [2.05, 4.69) is 36.2 Å². The number of carbonyl (C=O) groups is 1. The Kier molecular flexibility index (Phi) is 4.18. The summed E-state index contributed by atoms with van der Waals surface area (Å²) >= 11 is 0. The highest BCUT2D eigenvalue weighted by molar-refractivity contribution is 5.79. The summed E-state index contributed by atoms with van der Waals surface area (Å²) in [5.74, 6) is 0.425. The summed E-state index contributed by atoms with van der Waals surface area (Å²) in [5.41, 5.74) is 2.77. The van der Waals surface area contributed by atoms with Crippen molar-refractivity contribution in [3.63, 3.8) is 0 Å². The van der Waals surface area contributed by atoms with Gasteiger partial charge in [0.25, 0.3) is 0 Å². The summed E-state index contributed by atoms with van der Waals surface area (Å²) in [5, 5.41) is 0. The first kappa shape index (κ1) is 13.8. The van der Waals surface area contributed by atoms with Gasteiger partial charge in [0, 0.05) is 25.4 Å². The van der Waals surface area contributed by atoms with Crippen molar-refractivity contribution in [3.05, 3.63) is 35.4 Å². The molecular weight excluding hydrogens is 250 g/mol. The number of likely N-dealkylation sites (N-methyl/N-ethyl adjacent to an activating group) is 1. The molecular formula is C17H23NO2. The summed E-state index contributed by atoms with van der Waals surface area (Å²) in [6.45, 7) is 1.74. The van der Waals surface area contributed by atoms with E-state index in [9.17, 15) is 4.79 Å². The summed E-state index contributed by atoms with van der Waals surface area (Å²) in [7, 11) is 2.17. The number of rotatable bonds is 3. The van der Waals surface area contributed by atoms with Gasteiger partial charge in [-0.2, -0.15) is 0 Å². The van der Waals surface area contributed by atoms with Crippen molar-refractivity contribution in [2.45, 2.75) is 44.2 Å². The average Bonchev–Trinajstić information content (AvgIpc) is 2.48. The minimum absolute atomic E-state index is 0.183. The number of hydrogen-bond donors (Lipinski definition) is 0. The zero-order valence-corrected chi connectivity index (χ0v) is 12.2. The maximum atomic E-state index is 11.3. The Labute approximate surface area is 120 Å². The molecule has 1 fully saturated rings. The van der Waals surface area contributed by atoms with Crippen molar-refractivity contribution >= 4 is 5.78 Å². The lowest BCUT2D eigenvalue weighted by atomic mass is 9.92. The molecule has 1 aliphatic carbocycles. The molecule has 0 bridgehead atoms. The Morgan fingerprint density at radius 2 is 1.95 bits per heavy atom. The second-order valence-electron chi connectivity index (χ2n) is 6.02. The van der Waals surface area contributed by atoms with Crippen molar-refractivity contribution in [2.24, 2.45) is 0 Å². The molecule has 1 aliphatic heterocycles.